The van der Waals surface area contributed by atoms with Crippen molar-refractivity contribution in [2.24, 2.45) is 0 Å². The molecule has 2 N–H and O–H groups in total. The molecule has 1 aliphatic carbocycles. The lowest BCUT2D eigenvalue weighted by Gasteiger charge is -2.29. The van der Waals surface area contributed by atoms with E-state index in [1.54, 1.807) is 0 Å². The molecule has 2 aliphatic heterocycles. The van der Waals surface area contributed by atoms with Gasteiger partial charge in [0.2, 0.25) is 0 Å². The van der Waals surface area contributed by atoms with Crippen LogP contribution in [0.4, 0.5) is 11.4 Å². The van der Waals surface area contributed by atoms with Crippen molar-refractivity contribution in [3.63, 3.8) is 0 Å². The fourth-order valence-corrected chi connectivity index (χ4v) is 9.21. The van der Waals surface area contributed by atoms with Gasteiger partial charge < -0.3 is 9.47 Å². The molecule has 5 heteroatoms. The van der Waals surface area contributed by atoms with Crippen molar-refractivity contribution in [1.29, 1.82) is 0 Å². The quantitative estimate of drug-likeness (QED) is 0.172. The van der Waals surface area contributed by atoms with Crippen molar-refractivity contribution in [3.05, 3.63) is 222 Å². The second-order valence-corrected chi connectivity index (χ2v) is 15.1. The lowest BCUT2D eigenvalue weighted by molar-refractivity contribution is 0.165. The van der Waals surface area contributed by atoms with Crippen LogP contribution < -0.4 is 15.6 Å². The van der Waals surface area contributed by atoms with E-state index in [0.29, 0.717) is 0 Å². The van der Waals surface area contributed by atoms with Gasteiger partial charge in [0, 0.05) is 39.9 Å². The topological polar surface area (TPSA) is 35.5 Å². The molecular weight excluding hydrogens is 683 g/mol. The first-order chi connectivity index (χ1) is 27.8. The zero-order valence-corrected chi connectivity index (χ0v) is 31.0. The number of hydrogen-bond acceptors (Lipinski definition) is 4. The Hall–Kier alpha value is -6.50. The molecule has 7 aromatic carbocycles. The van der Waals surface area contributed by atoms with E-state index in [9.17, 15) is 0 Å². The number of aromatic nitrogens is 1. The minimum Gasteiger partial charge on any atom is -0.333 e. The van der Waals surface area contributed by atoms with Crippen LogP contribution in [0.5, 0.6) is 0 Å². The molecule has 0 saturated carbocycles. The number of fused-ring (bicyclic) bond motifs is 6. The summed E-state index contributed by atoms with van der Waals surface area (Å²) in [5.74, 6) is 0. The molecule has 3 atom stereocenters. The summed E-state index contributed by atoms with van der Waals surface area (Å²) in [6, 6.07) is 66.2. The van der Waals surface area contributed by atoms with Gasteiger partial charge in [0.25, 0.3) is 0 Å². The van der Waals surface area contributed by atoms with E-state index in [-0.39, 0.29) is 18.4 Å². The summed E-state index contributed by atoms with van der Waals surface area (Å²) in [5, 5.41) is 8.71. The zero-order valence-electron chi connectivity index (χ0n) is 31.0. The second kappa shape index (κ2) is 13.7. The molecule has 0 bridgehead atoms. The van der Waals surface area contributed by atoms with Crippen molar-refractivity contribution < 1.29 is 0 Å². The molecule has 270 valence electrons. The molecular formula is C51H41N5. The van der Waals surface area contributed by atoms with Crippen LogP contribution in [-0.2, 0) is 6.54 Å². The molecule has 1 aromatic heterocycles. The standard InChI is InChI=1S/C51H41N5/c1-4-16-36(17-5-1)50-52-51(37-18-6-2-7-19-37)54(53-50)34-35-15-14-22-41(31-35)56-47-26-13-11-24-43(47)45-33-39(28-30-49(45)56)38-27-29-48-44(32-38)42-23-10-12-25-46(42)55(48)40-20-8-3-9-21-40/h1-28,30-33,48,50-53H,29,34H2. The van der Waals surface area contributed by atoms with Crippen molar-refractivity contribution in [1.82, 2.24) is 20.3 Å². The second-order valence-electron chi connectivity index (χ2n) is 15.1. The van der Waals surface area contributed by atoms with E-state index < -0.39 is 0 Å². The van der Waals surface area contributed by atoms with Gasteiger partial charge >= 0.3 is 0 Å². The van der Waals surface area contributed by atoms with Crippen LogP contribution >= 0.6 is 0 Å². The molecule has 3 unspecified atom stereocenters. The zero-order chi connectivity index (χ0) is 37.0. The van der Waals surface area contributed by atoms with Gasteiger partial charge in [0.05, 0.1) is 23.2 Å². The number of rotatable bonds is 7. The van der Waals surface area contributed by atoms with E-state index in [4.69, 9.17) is 0 Å². The molecule has 56 heavy (non-hydrogen) atoms. The maximum absolute atomic E-state index is 3.84. The minimum atomic E-state index is 0.0168. The van der Waals surface area contributed by atoms with Crippen LogP contribution in [0.25, 0.3) is 38.6 Å². The summed E-state index contributed by atoms with van der Waals surface area (Å²) in [7, 11) is 0. The molecule has 8 aromatic rings. The summed E-state index contributed by atoms with van der Waals surface area (Å²) in [6.07, 6.45) is 5.87. The highest BCUT2D eigenvalue weighted by atomic mass is 15.6. The van der Waals surface area contributed by atoms with Crippen LogP contribution in [0.2, 0.25) is 0 Å². The Labute approximate surface area is 327 Å². The van der Waals surface area contributed by atoms with Gasteiger partial charge in [-0.3, -0.25) is 5.32 Å². The Morgan fingerprint density at radius 1 is 0.571 bits per heavy atom. The minimum absolute atomic E-state index is 0.0168. The highest BCUT2D eigenvalue weighted by Crippen LogP contribution is 2.49. The lowest BCUT2D eigenvalue weighted by Crippen LogP contribution is -2.33. The predicted molar refractivity (Wildman–Crippen MR) is 230 cm³/mol. The Balaban J connectivity index is 0.939. The van der Waals surface area contributed by atoms with Gasteiger partial charge in [-0.15, -0.1) is 0 Å². The predicted octanol–water partition coefficient (Wildman–Crippen LogP) is 11.5. The summed E-state index contributed by atoms with van der Waals surface area (Å²) in [4.78, 5) is 2.51. The van der Waals surface area contributed by atoms with E-state index in [1.165, 1.54) is 72.1 Å². The number of hydrazine groups is 1. The van der Waals surface area contributed by atoms with E-state index >= 15 is 0 Å². The maximum Gasteiger partial charge on any atom is 0.101 e. The van der Waals surface area contributed by atoms with E-state index in [1.807, 2.05) is 0 Å². The van der Waals surface area contributed by atoms with Gasteiger partial charge in [-0.25, -0.2) is 10.4 Å². The first-order valence-corrected chi connectivity index (χ1v) is 19.6. The third-order valence-corrected chi connectivity index (χ3v) is 11.8. The molecule has 1 saturated heterocycles. The molecule has 3 heterocycles. The van der Waals surface area contributed by atoms with Gasteiger partial charge in [-0.2, -0.15) is 0 Å². The average molecular weight is 724 g/mol. The summed E-state index contributed by atoms with van der Waals surface area (Å²) in [6.45, 7) is 0.736. The van der Waals surface area contributed by atoms with Crippen molar-refractivity contribution in [3.8, 4) is 5.69 Å². The van der Waals surface area contributed by atoms with Crippen LogP contribution in [0.1, 0.15) is 46.6 Å². The Morgan fingerprint density at radius 3 is 2.11 bits per heavy atom. The van der Waals surface area contributed by atoms with Crippen molar-refractivity contribution in [2.45, 2.75) is 31.3 Å². The van der Waals surface area contributed by atoms with Gasteiger partial charge in [-0.05, 0) is 94.4 Å². The summed E-state index contributed by atoms with van der Waals surface area (Å²) >= 11 is 0. The third-order valence-electron chi connectivity index (χ3n) is 11.8. The lowest BCUT2D eigenvalue weighted by atomic mass is 9.89. The Kier molecular flexibility index (Phi) is 8.02. The Morgan fingerprint density at radius 2 is 1.27 bits per heavy atom. The first-order valence-electron chi connectivity index (χ1n) is 19.6. The Bertz CT molecular complexity index is 2790. The summed E-state index contributed by atoms with van der Waals surface area (Å²) in [5.41, 5.74) is 18.9. The maximum atomic E-state index is 3.84. The molecule has 11 rings (SSSR count). The van der Waals surface area contributed by atoms with E-state index in [0.717, 1.165) is 18.7 Å². The number of para-hydroxylation sites is 3. The van der Waals surface area contributed by atoms with Crippen molar-refractivity contribution in [2.75, 3.05) is 4.90 Å². The smallest absolute Gasteiger partial charge is 0.101 e. The number of benzene rings is 7. The highest BCUT2D eigenvalue weighted by molar-refractivity contribution is 6.10. The number of nitrogens with zero attached hydrogens (tertiary/aromatic N) is 3. The molecule has 1 fully saturated rings. The number of anilines is 2. The van der Waals surface area contributed by atoms with Crippen LogP contribution in [0.15, 0.2) is 194 Å². The molecule has 3 aliphatic rings. The molecule has 0 amide bonds. The van der Waals surface area contributed by atoms with Gasteiger partial charge in [-0.1, -0.05) is 140 Å². The number of nitrogens with one attached hydrogen (secondary N) is 2. The van der Waals surface area contributed by atoms with Crippen LogP contribution in [-0.4, -0.2) is 15.6 Å². The number of hydrogen-bond donors (Lipinski definition) is 2. The molecule has 5 nitrogen and oxygen atoms in total. The van der Waals surface area contributed by atoms with Crippen LogP contribution in [0.3, 0.4) is 0 Å². The third kappa shape index (κ3) is 5.59. The molecule has 0 spiro atoms. The van der Waals surface area contributed by atoms with Gasteiger partial charge in [0.15, 0.2) is 0 Å². The molecule has 0 radical (unpaired) electrons. The summed E-state index contributed by atoms with van der Waals surface area (Å²) < 4.78 is 2.43. The van der Waals surface area contributed by atoms with E-state index in [2.05, 4.69) is 219 Å². The highest BCUT2D eigenvalue weighted by Gasteiger charge is 2.36. The average Bonchev–Trinajstić information content (AvgIpc) is 3.94. The van der Waals surface area contributed by atoms with Crippen LogP contribution in [0, 0.1) is 0 Å². The first kappa shape index (κ1) is 32.9. The fraction of sp³-hybridized carbons (Fsp3) is 0.0980. The largest absolute Gasteiger partial charge is 0.333 e. The monoisotopic (exact) mass is 723 g/mol. The fourth-order valence-electron chi connectivity index (χ4n) is 9.21. The number of allylic oxidation sites excluding steroid dienone is 2. The van der Waals surface area contributed by atoms with Gasteiger partial charge in [0.1, 0.15) is 6.17 Å². The normalized spacial score (nSPS) is 19.2. The SMILES string of the molecule is C1=C(c2ccc3c(c2)c2ccccc2n3-c2cccc(CN3NC(c4ccccc4)NC3c3ccccc3)c2)C=C2c3ccccc3N(c3ccccc3)C2C1. The van der Waals surface area contributed by atoms with Crippen molar-refractivity contribution >= 4 is 44.3 Å².